The number of halogens is 1. The van der Waals surface area contributed by atoms with Gasteiger partial charge in [-0.1, -0.05) is 16.8 Å². The second-order valence-electron chi connectivity index (χ2n) is 3.11. The van der Waals surface area contributed by atoms with Crippen molar-refractivity contribution in [2.75, 3.05) is 0 Å². The standard InChI is InChI=1S/C9H9ClN4O/c1-5(11)9-13-8(14-15-9)7-3-2-6(10)4-12-7/h2-5H,11H2,1H3. The molecule has 2 aromatic rings. The minimum Gasteiger partial charge on any atom is -0.337 e. The van der Waals surface area contributed by atoms with Gasteiger partial charge in [0, 0.05) is 6.20 Å². The molecule has 15 heavy (non-hydrogen) atoms. The SMILES string of the molecule is CC(N)c1nc(-c2ccc(Cl)cn2)no1. The molecule has 0 spiro atoms. The van der Waals surface area contributed by atoms with Gasteiger partial charge in [-0.25, -0.2) is 0 Å². The maximum Gasteiger partial charge on any atom is 0.243 e. The Bertz CT molecular complexity index is 451. The van der Waals surface area contributed by atoms with Crippen LogP contribution in [-0.2, 0) is 0 Å². The molecule has 0 amide bonds. The molecule has 0 aliphatic rings. The average molecular weight is 225 g/mol. The second kappa shape index (κ2) is 3.96. The van der Waals surface area contributed by atoms with Crippen molar-refractivity contribution in [1.82, 2.24) is 15.1 Å². The van der Waals surface area contributed by atoms with Gasteiger partial charge in [0.2, 0.25) is 11.7 Å². The topological polar surface area (TPSA) is 77.8 Å². The molecule has 2 rings (SSSR count). The zero-order chi connectivity index (χ0) is 10.8. The van der Waals surface area contributed by atoms with E-state index in [1.54, 1.807) is 19.1 Å². The lowest BCUT2D eigenvalue weighted by Crippen LogP contribution is -2.04. The van der Waals surface area contributed by atoms with Crippen LogP contribution in [0.5, 0.6) is 0 Å². The fourth-order valence-corrected chi connectivity index (χ4v) is 1.14. The summed E-state index contributed by atoms with van der Waals surface area (Å²) < 4.78 is 4.95. The number of hydrogen-bond acceptors (Lipinski definition) is 5. The predicted molar refractivity (Wildman–Crippen MR) is 55.1 cm³/mol. The molecule has 0 saturated heterocycles. The maximum absolute atomic E-state index is 5.71. The third kappa shape index (κ3) is 2.14. The van der Waals surface area contributed by atoms with E-state index in [0.29, 0.717) is 22.4 Å². The van der Waals surface area contributed by atoms with Crippen LogP contribution < -0.4 is 5.73 Å². The molecule has 0 radical (unpaired) electrons. The number of pyridine rings is 1. The van der Waals surface area contributed by atoms with Crippen LogP contribution in [0.1, 0.15) is 18.9 Å². The Balaban J connectivity index is 2.33. The lowest BCUT2D eigenvalue weighted by Gasteiger charge is -1.94. The number of nitrogens with two attached hydrogens (primary N) is 1. The highest BCUT2D eigenvalue weighted by Crippen LogP contribution is 2.17. The van der Waals surface area contributed by atoms with Crippen molar-refractivity contribution in [3.8, 4) is 11.5 Å². The molecule has 2 aromatic heterocycles. The van der Waals surface area contributed by atoms with Gasteiger partial charge >= 0.3 is 0 Å². The quantitative estimate of drug-likeness (QED) is 0.842. The van der Waals surface area contributed by atoms with Crippen molar-refractivity contribution in [3.63, 3.8) is 0 Å². The van der Waals surface area contributed by atoms with Crippen molar-refractivity contribution < 1.29 is 4.52 Å². The normalized spacial score (nSPS) is 12.7. The second-order valence-corrected chi connectivity index (χ2v) is 3.54. The highest BCUT2D eigenvalue weighted by atomic mass is 35.5. The molecule has 5 nitrogen and oxygen atoms in total. The van der Waals surface area contributed by atoms with E-state index in [-0.39, 0.29) is 6.04 Å². The first-order valence-corrected chi connectivity index (χ1v) is 4.75. The third-order valence-electron chi connectivity index (χ3n) is 1.79. The Morgan fingerprint density at radius 1 is 1.47 bits per heavy atom. The molecule has 0 aliphatic carbocycles. The van der Waals surface area contributed by atoms with Gasteiger partial charge in [-0.2, -0.15) is 4.98 Å². The van der Waals surface area contributed by atoms with Crippen LogP contribution in [0.3, 0.4) is 0 Å². The Hall–Kier alpha value is -1.46. The van der Waals surface area contributed by atoms with E-state index in [1.807, 2.05) is 0 Å². The van der Waals surface area contributed by atoms with Crippen LogP contribution in [0.25, 0.3) is 11.5 Å². The van der Waals surface area contributed by atoms with Gasteiger partial charge in [0.25, 0.3) is 0 Å². The summed E-state index contributed by atoms with van der Waals surface area (Å²) in [5.41, 5.74) is 6.20. The van der Waals surface area contributed by atoms with Gasteiger partial charge in [0.15, 0.2) is 0 Å². The van der Waals surface area contributed by atoms with E-state index in [0.717, 1.165) is 0 Å². The van der Waals surface area contributed by atoms with Crippen molar-refractivity contribution in [1.29, 1.82) is 0 Å². The van der Waals surface area contributed by atoms with Gasteiger partial charge in [0.1, 0.15) is 5.69 Å². The van der Waals surface area contributed by atoms with Crippen LogP contribution in [0.4, 0.5) is 0 Å². The first-order chi connectivity index (χ1) is 7.16. The van der Waals surface area contributed by atoms with Gasteiger partial charge in [0.05, 0.1) is 11.1 Å². The highest BCUT2D eigenvalue weighted by Gasteiger charge is 2.12. The summed E-state index contributed by atoms with van der Waals surface area (Å²) >= 11 is 5.71. The summed E-state index contributed by atoms with van der Waals surface area (Å²) in [6.45, 7) is 1.77. The van der Waals surface area contributed by atoms with Gasteiger partial charge in [-0.15, -0.1) is 0 Å². The predicted octanol–water partition coefficient (Wildman–Crippen LogP) is 1.80. The minimum atomic E-state index is -0.279. The molecule has 0 fully saturated rings. The lowest BCUT2D eigenvalue weighted by atomic mass is 10.3. The third-order valence-corrected chi connectivity index (χ3v) is 2.01. The Morgan fingerprint density at radius 3 is 2.80 bits per heavy atom. The van der Waals surface area contributed by atoms with E-state index in [9.17, 15) is 0 Å². The maximum atomic E-state index is 5.71. The van der Waals surface area contributed by atoms with E-state index < -0.39 is 0 Å². The average Bonchev–Trinajstić information content (AvgIpc) is 2.68. The largest absolute Gasteiger partial charge is 0.337 e. The first-order valence-electron chi connectivity index (χ1n) is 4.38. The zero-order valence-corrected chi connectivity index (χ0v) is 8.77. The molecule has 6 heteroatoms. The monoisotopic (exact) mass is 224 g/mol. The number of rotatable bonds is 2. The lowest BCUT2D eigenvalue weighted by molar-refractivity contribution is 0.362. The molecule has 0 bridgehead atoms. The van der Waals surface area contributed by atoms with Crippen molar-refractivity contribution in [2.24, 2.45) is 5.73 Å². The molecule has 2 heterocycles. The van der Waals surface area contributed by atoms with E-state index in [1.165, 1.54) is 6.20 Å². The fourth-order valence-electron chi connectivity index (χ4n) is 1.03. The van der Waals surface area contributed by atoms with Crippen molar-refractivity contribution >= 4 is 11.6 Å². The molecule has 1 unspecified atom stereocenters. The summed E-state index contributed by atoms with van der Waals surface area (Å²) in [6, 6.07) is 3.16. The van der Waals surface area contributed by atoms with E-state index >= 15 is 0 Å². The molecule has 0 saturated carbocycles. The molecular weight excluding hydrogens is 216 g/mol. The summed E-state index contributed by atoms with van der Waals surface area (Å²) in [4.78, 5) is 8.16. The van der Waals surface area contributed by atoms with Crippen molar-refractivity contribution in [2.45, 2.75) is 13.0 Å². The van der Waals surface area contributed by atoms with Crippen LogP contribution >= 0.6 is 11.6 Å². The smallest absolute Gasteiger partial charge is 0.243 e. The molecule has 0 aromatic carbocycles. The number of nitrogens with zero attached hydrogens (tertiary/aromatic N) is 3. The van der Waals surface area contributed by atoms with Crippen molar-refractivity contribution in [3.05, 3.63) is 29.2 Å². The molecular formula is C9H9ClN4O. The van der Waals surface area contributed by atoms with E-state index in [2.05, 4.69) is 15.1 Å². The Morgan fingerprint density at radius 2 is 2.27 bits per heavy atom. The molecule has 78 valence electrons. The van der Waals surface area contributed by atoms with Gasteiger partial charge in [-0.3, -0.25) is 4.98 Å². The summed E-state index contributed by atoms with van der Waals surface area (Å²) in [6.07, 6.45) is 1.53. The minimum absolute atomic E-state index is 0.279. The van der Waals surface area contributed by atoms with Gasteiger partial charge < -0.3 is 10.3 Å². The Labute approximate surface area is 91.3 Å². The van der Waals surface area contributed by atoms with Crippen LogP contribution in [0.2, 0.25) is 5.02 Å². The van der Waals surface area contributed by atoms with Crippen LogP contribution in [-0.4, -0.2) is 15.1 Å². The molecule has 2 N–H and O–H groups in total. The summed E-state index contributed by atoms with van der Waals surface area (Å²) in [7, 11) is 0. The number of aromatic nitrogens is 3. The fraction of sp³-hybridized carbons (Fsp3) is 0.222. The summed E-state index contributed by atoms with van der Waals surface area (Å²) in [5.74, 6) is 0.806. The summed E-state index contributed by atoms with van der Waals surface area (Å²) in [5, 5.41) is 4.33. The molecule has 0 aliphatic heterocycles. The van der Waals surface area contributed by atoms with E-state index in [4.69, 9.17) is 21.9 Å². The Kier molecular flexibility index (Phi) is 2.66. The first kappa shape index (κ1) is 10.1. The molecule has 1 atom stereocenters. The zero-order valence-electron chi connectivity index (χ0n) is 8.01. The highest BCUT2D eigenvalue weighted by molar-refractivity contribution is 6.30. The van der Waals surface area contributed by atoms with Crippen LogP contribution in [0, 0.1) is 0 Å². The van der Waals surface area contributed by atoms with Crippen LogP contribution in [0.15, 0.2) is 22.9 Å². The number of hydrogen-bond donors (Lipinski definition) is 1. The van der Waals surface area contributed by atoms with Gasteiger partial charge in [-0.05, 0) is 19.1 Å².